The smallest absolute Gasteiger partial charge is 0.272 e. The van der Waals surface area contributed by atoms with Crippen molar-refractivity contribution >= 4 is 17.0 Å². The zero-order valence-electron chi connectivity index (χ0n) is 13.2. The van der Waals surface area contributed by atoms with Gasteiger partial charge in [0.2, 0.25) is 0 Å². The Morgan fingerprint density at radius 1 is 1.48 bits per heavy atom. The van der Waals surface area contributed by atoms with Crippen molar-refractivity contribution in [2.24, 2.45) is 0 Å². The van der Waals surface area contributed by atoms with E-state index in [0.29, 0.717) is 18.7 Å². The molecule has 0 amide bonds. The number of aryl methyl sites for hydroxylation is 2. The maximum Gasteiger partial charge on any atom is 0.272 e. The van der Waals surface area contributed by atoms with E-state index in [4.69, 9.17) is 4.74 Å². The van der Waals surface area contributed by atoms with Gasteiger partial charge in [-0.3, -0.25) is 15.0 Å². The van der Waals surface area contributed by atoms with Gasteiger partial charge in [-0.2, -0.15) is 0 Å². The summed E-state index contributed by atoms with van der Waals surface area (Å²) >= 11 is 1.62. The molecule has 0 N–H and O–H groups in total. The highest BCUT2D eigenvalue weighted by molar-refractivity contribution is 7.09. The van der Waals surface area contributed by atoms with Crippen molar-refractivity contribution in [1.29, 1.82) is 0 Å². The van der Waals surface area contributed by atoms with E-state index in [1.54, 1.807) is 24.3 Å². The van der Waals surface area contributed by atoms with Crippen LogP contribution in [0.5, 0.6) is 0 Å². The molecule has 0 spiro atoms. The predicted molar refractivity (Wildman–Crippen MR) is 88.7 cm³/mol. The van der Waals surface area contributed by atoms with E-state index in [2.05, 4.69) is 9.88 Å². The average Bonchev–Trinajstić information content (AvgIpc) is 2.96. The molecule has 1 unspecified atom stereocenters. The minimum Gasteiger partial charge on any atom is -0.368 e. The van der Waals surface area contributed by atoms with Crippen molar-refractivity contribution in [3.05, 3.63) is 55.5 Å². The second-order valence-corrected chi connectivity index (χ2v) is 6.69. The van der Waals surface area contributed by atoms with Gasteiger partial charge in [0.15, 0.2) is 0 Å². The predicted octanol–water partition coefficient (Wildman–Crippen LogP) is 3.24. The Balaban J connectivity index is 1.70. The highest BCUT2D eigenvalue weighted by Gasteiger charge is 2.24. The van der Waals surface area contributed by atoms with Crippen LogP contribution in [-0.4, -0.2) is 34.5 Å². The Labute approximate surface area is 138 Å². The van der Waals surface area contributed by atoms with Crippen LogP contribution in [-0.2, 0) is 11.3 Å². The molecule has 0 bridgehead atoms. The Morgan fingerprint density at radius 3 is 3.00 bits per heavy atom. The van der Waals surface area contributed by atoms with E-state index >= 15 is 0 Å². The fourth-order valence-electron chi connectivity index (χ4n) is 2.72. The third kappa shape index (κ3) is 3.74. The number of aromatic nitrogens is 1. The Bertz CT molecular complexity index is 716. The normalized spacial score (nSPS) is 19.0. The van der Waals surface area contributed by atoms with Gasteiger partial charge in [-0.1, -0.05) is 12.1 Å². The van der Waals surface area contributed by atoms with E-state index in [-0.39, 0.29) is 16.7 Å². The molecule has 1 aliphatic heterocycles. The number of nitro groups is 1. The average molecular weight is 333 g/mol. The molecular weight excluding hydrogens is 314 g/mol. The second kappa shape index (κ2) is 6.74. The fourth-order valence-corrected chi connectivity index (χ4v) is 3.56. The summed E-state index contributed by atoms with van der Waals surface area (Å²) in [6.45, 7) is 6.66. The van der Waals surface area contributed by atoms with Crippen molar-refractivity contribution in [2.75, 3.05) is 19.7 Å². The lowest BCUT2D eigenvalue weighted by Gasteiger charge is -2.32. The number of nitro benzene ring substituents is 1. The lowest BCUT2D eigenvalue weighted by molar-refractivity contribution is -0.385. The Hall–Kier alpha value is -1.83. The first-order valence-corrected chi connectivity index (χ1v) is 8.41. The van der Waals surface area contributed by atoms with Crippen LogP contribution in [0.2, 0.25) is 0 Å². The second-order valence-electron chi connectivity index (χ2n) is 5.80. The van der Waals surface area contributed by atoms with Crippen LogP contribution in [0.15, 0.2) is 23.6 Å². The standard InChI is InChI=1S/C16H19N3O3S/c1-11-3-4-13(7-14(11)19(20)21)8-18-5-6-22-15(9-18)16-17-12(2)10-23-16/h3-4,7,10,15H,5-6,8-9H2,1-2H3. The maximum atomic E-state index is 11.1. The van der Waals surface area contributed by atoms with Gasteiger partial charge in [-0.25, -0.2) is 4.98 Å². The molecule has 2 aromatic rings. The van der Waals surface area contributed by atoms with Gasteiger partial charge < -0.3 is 4.74 Å². The molecule has 1 aliphatic rings. The number of hydrogen-bond donors (Lipinski definition) is 0. The van der Waals surface area contributed by atoms with E-state index < -0.39 is 0 Å². The topological polar surface area (TPSA) is 68.5 Å². The van der Waals surface area contributed by atoms with Crippen LogP contribution < -0.4 is 0 Å². The number of benzene rings is 1. The highest BCUT2D eigenvalue weighted by Crippen LogP contribution is 2.27. The van der Waals surface area contributed by atoms with Crippen LogP contribution in [0.25, 0.3) is 0 Å². The minimum atomic E-state index is -0.320. The van der Waals surface area contributed by atoms with Gasteiger partial charge in [0.25, 0.3) is 5.69 Å². The lowest BCUT2D eigenvalue weighted by Crippen LogP contribution is -2.37. The molecule has 1 fully saturated rings. The molecule has 0 aliphatic carbocycles. The van der Waals surface area contributed by atoms with Gasteiger partial charge in [0.1, 0.15) is 11.1 Å². The number of hydrogen-bond acceptors (Lipinski definition) is 6. The van der Waals surface area contributed by atoms with E-state index in [9.17, 15) is 10.1 Å². The molecule has 7 heteroatoms. The third-order valence-electron chi connectivity index (χ3n) is 3.94. The molecule has 2 heterocycles. The minimum absolute atomic E-state index is 0.0112. The molecule has 1 saturated heterocycles. The van der Waals surface area contributed by atoms with Gasteiger partial charge >= 0.3 is 0 Å². The quantitative estimate of drug-likeness (QED) is 0.634. The molecule has 0 saturated carbocycles. The Morgan fingerprint density at radius 2 is 2.30 bits per heavy atom. The molecular formula is C16H19N3O3S. The van der Waals surface area contributed by atoms with Crippen molar-refractivity contribution in [2.45, 2.75) is 26.5 Å². The highest BCUT2D eigenvalue weighted by atomic mass is 32.1. The maximum absolute atomic E-state index is 11.1. The van der Waals surface area contributed by atoms with Gasteiger partial charge in [-0.05, 0) is 19.4 Å². The zero-order valence-corrected chi connectivity index (χ0v) is 14.0. The summed E-state index contributed by atoms with van der Waals surface area (Å²) in [4.78, 5) is 17.5. The number of thiazole rings is 1. The van der Waals surface area contributed by atoms with Crippen LogP contribution >= 0.6 is 11.3 Å². The summed E-state index contributed by atoms with van der Waals surface area (Å²) < 4.78 is 5.82. The first-order valence-electron chi connectivity index (χ1n) is 7.53. The van der Waals surface area contributed by atoms with Gasteiger partial charge in [-0.15, -0.1) is 11.3 Å². The van der Waals surface area contributed by atoms with Crippen LogP contribution in [0.3, 0.4) is 0 Å². The summed E-state index contributed by atoms with van der Waals surface area (Å²) in [5.41, 5.74) is 2.85. The molecule has 6 nitrogen and oxygen atoms in total. The lowest BCUT2D eigenvalue weighted by atomic mass is 10.1. The number of rotatable bonds is 4. The first-order chi connectivity index (χ1) is 11.0. The van der Waals surface area contributed by atoms with Gasteiger partial charge in [0.05, 0.1) is 11.5 Å². The molecule has 0 radical (unpaired) electrons. The summed E-state index contributed by atoms with van der Waals surface area (Å²) in [6, 6.07) is 5.45. The number of nitrogens with zero attached hydrogens (tertiary/aromatic N) is 3. The monoisotopic (exact) mass is 333 g/mol. The molecule has 3 rings (SSSR count). The Kier molecular flexibility index (Phi) is 4.70. The zero-order chi connectivity index (χ0) is 16.4. The van der Waals surface area contributed by atoms with E-state index in [1.165, 1.54) is 0 Å². The van der Waals surface area contributed by atoms with Crippen molar-refractivity contribution in [3.8, 4) is 0 Å². The first kappa shape index (κ1) is 16.0. The molecule has 1 aromatic carbocycles. The van der Waals surface area contributed by atoms with Crippen LogP contribution in [0.4, 0.5) is 5.69 Å². The number of morpholine rings is 1. The summed E-state index contributed by atoms with van der Waals surface area (Å²) in [7, 11) is 0. The number of ether oxygens (including phenoxy) is 1. The largest absolute Gasteiger partial charge is 0.368 e. The van der Waals surface area contributed by atoms with Crippen molar-refractivity contribution in [3.63, 3.8) is 0 Å². The van der Waals surface area contributed by atoms with Crippen LogP contribution in [0, 0.1) is 24.0 Å². The summed E-state index contributed by atoms with van der Waals surface area (Å²) in [5, 5.41) is 14.1. The van der Waals surface area contributed by atoms with Crippen molar-refractivity contribution in [1.82, 2.24) is 9.88 Å². The summed E-state index contributed by atoms with van der Waals surface area (Å²) in [6.07, 6.45) is -0.0112. The van der Waals surface area contributed by atoms with E-state index in [1.807, 2.05) is 24.4 Å². The molecule has 1 aromatic heterocycles. The molecule has 122 valence electrons. The molecule has 1 atom stereocenters. The third-order valence-corrected chi connectivity index (χ3v) is 4.99. The fraction of sp³-hybridized carbons (Fsp3) is 0.438. The van der Waals surface area contributed by atoms with E-state index in [0.717, 1.165) is 29.4 Å². The van der Waals surface area contributed by atoms with Crippen molar-refractivity contribution < 1.29 is 9.66 Å². The van der Waals surface area contributed by atoms with Crippen LogP contribution in [0.1, 0.15) is 27.9 Å². The molecule has 23 heavy (non-hydrogen) atoms. The summed E-state index contributed by atoms with van der Waals surface area (Å²) in [5.74, 6) is 0. The van der Waals surface area contributed by atoms with Gasteiger partial charge in [0, 0.05) is 42.3 Å². The SMILES string of the molecule is Cc1csc(C2CN(Cc3ccc(C)c([N+](=O)[O-])c3)CCO2)n1.